The summed E-state index contributed by atoms with van der Waals surface area (Å²) in [5, 5.41) is 19.8. The number of fused-ring (bicyclic) bond motifs is 1. The number of rotatable bonds is 4. The Kier molecular flexibility index (Phi) is 7.34. The van der Waals surface area contributed by atoms with Crippen molar-refractivity contribution >= 4 is 22.9 Å². The highest BCUT2D eigenvalue weighted by Gasteiger charge is 2.38. The van der Waals surface area contributed by atoms with Crippen LogP contribution in [0.2, 0.25) is 0 Å². The molecule has 1 aliphatic rings. The number of carboxylic acid groups (broad SMARTS) is 1. The van der Waals surface area contributed by atoms with Gasteiger partial charge in [0.05, 0.1) is 17.1 Å². The van der Waals surface area contributed by atoms with Gasteiger partial charge in [-0.1, -0.05) is 12.1 Å². The normalized spacial score (nSPS) is 20.2. The fraction of sp³-hybridized carbons (Fsp3) is 0.318. The van der Waals surface area contributed by atoms with Crippen molar-refractivity contribution in [3.8, 4) is 5.69 Å². The first kappa shape index (κ1) is 24.2. The van der Waals surface area contributed by atoms with E-state index >= 15 is 0 Å². The second-order valence-corrected chi connectivity index (χ2v) is 7.73. The van der Waals surface area contributed by atoms with Gasteiger partial charge < -0.3 is 21.3 Å². The molecule has 5 N–H and O–H groups in total. The number of imidazole rings is 1. The number of aliphatic hydroxyl groups excluding tert-OH is 1. The van der Waals surface area contributed by atoms with Gasteiger partial charge >= 0.3 is 12.1 Å². The summed E-state index contributed by atoms with van der Waals surface area (Å²) >= 11 is 0. The van der Waals surface area contributed by atoms with E-state index in [0.29, 0.717) is 18.5 Å². The van der Waals surface area contributed by atoms with E-state index in [0.717, 1.165) is 23.1 Å². The lowest BCUT2D eigenvalue weighted by atomic mass is 10.1. The van der Waals surface area contributed by atoms with Crippen molar-refractivity contribution in [2.45, 2.75) is 31.2 Å². The Balaban J connectivity index is 0.000000383. The number of hydrogen-bond acceptors (Lipinski definition) is 5. The molecule has 0 aliphatic heterocycles. The Labute approximate surface area is 186 Å². The standard InChI is InChI=1S/C20H22N4O2.C2HF3O2/c21-16-9-13(10-19(16)25)11-22-20(26)14-5-7-15(8-6-14)24-12-23-17-3-1-2-4-18(17)24;3-2(4,5)1(6)7/h1-8,12-13,16,19,25H,9-11,21H2,(H,22,26);(H,6,7)/t13-,16+,19+;/m0./s1. The van der Waals surface area contributed by atoms with Gasteiger partial charge in [0.2, 0.25) is 0 Å². The van der Waals surface area contributed by atoms with Gasteiger partial charge in [-0.2, -0.15) is 13.2 Å². The van der Waals surface area contributed by atoms with E-state index in [2.05, 4.69) is 10.3 Å². The largest absolute Gasteiger partial charge is 0.490 e. The predicted molar refractivity (Wildman–Crippen MR) is 114 cm³/mol. The molecule has 176 valence electrons. The maximum Gasteiger partial charge on any atom is 0.490 e. The number of carbonyl (C=O) groups excluding carboxylic acids is 1. The number of nitrogens with one attached hydrogen (secondary N) is 1. The Morgan fingerprint density at radius 2 is 1.76 bits per heavy atom. The first-order chi connectivity index (χ1) is 15.6. The third kappa shape index (κ3) is 6.08. The molecule has 0 bridgehead atoms. The van der Waals surface area contributed by atoms with Gasteiger partial charge in [-0.25, -0.2) is 9.78 Å². The summed E-state index contributed by atoms with van der Waals surface area (Å²) in [6, 6.07) is 15.2. The van der Waals surface area contributed by atoms with Crippen molar-refractivity contribution in [3.05, 3.63) is 60.4 Å². The number of hydrogen-bond donors (Lipinski definition) is 4. The number of aliphatic hydroxyl groups is 1. The molecule has 1 aromatic heterocycles. The van der Waals surface area contributed by atoms with E-state index in [4.69, 9.17) is 15.6 Å². The average molecular weight is 464 g/mol. The highest BCUT2D eigenvalue weighted by atomic mass is 19.4. The summed E-state index contributed by atoms with van der Waals surface area (Å²) in [4.78, 5) is 25.6. The van der Waals surface area contributed by atoms with Crippen LogP contribution in [0.25, 0.3) is 16.7 Å². The van der Waals surface area contributed by atoms with Crippen molar-refractivity contribution in [1.82, 2.24) is 14.9 Å². The van der Waals surface area contributed by atoms with Gasteiger partial charge in [-0.3, -0.25) is 9.36 Å². The van der Waals surface area contributed by atoms with Crippen LogP contribution >= 0.6 is 0 Å². The number of aliphatic carboxylic acids is 1. The van der Waals surface area contributed by atoms with Crippen LogP contribution in [0.5, 0.6) is 0 Å². The Morgan fingerprint density at radius 3 is 2.33 bits per heavy atom. The van der Waals surface area contributed by atoms with Crippen molar-refractivity contribution < 1.29 is 33.0 Å². The molecule has 3 aromatic rings. The molecule has 1 amide bonds. The number of para-hydroxylation sites is 2. The van der Waals surface area contributed by atoms with Crippen LogP contribution in [0.1, 0.15) is 23.2 Å². The molecule has 0 saturated heterocycles. The second-order valence-electron chi connectivity index (χ2n) is 7.73. The number of benzene rings is 2. The lowest BCUT2D eigenvalue weighted by Gasteiger charge is -2.11. The van der Waals surface area contributed by atoms with Gasteiger partial charge in [0.1, 0.15) is 6.33 Å². The monoisotopic (exact) mass is 464 g/mol. The first-order valence-electron chi connectivity index (χ1n) is 10.1. The van der Waals surface area contributed by atoms with E-state index in [1.165, 1.54) is 0 Å². The summed E-state index contributed by atoms with van der Waals surface area (Å²) in [6.07, 6.45) is -2.36. The SMILES string of the molecule is N[C@@H]1C[C@H](CNC(=O)c2ccc(-n3cnc4ccccc43)cc2)C[C@H]1O.O=C(O)C(F)(F)F. The van der Waals surface area contributed by atoms with Crippen molar-refractivity contribution in [2.75, 3.05) is 6.54 Å². The van der Waals surface area contributed by atoms with E-state index < -0.39 is 18.2 Å². The average Bonchev–Trinajstić information content (AvgIpc) is 3.35. The molecule has 8 nitrogen and oxygen atoms in total. The molecule has 1 heterocycles. The molecule has 3 atom stereocenters. The maximum atomic E-state index is 12.4. The topological polar surface area (TPSA) is 130 Å². The Bertz CT molecular complexity index is 1100. The van der Waals surface area contributed by atoms with Crippen LogP contribution in [-0.4, -0.2) is 56.5 Å². The molecule has 0 radical (unpaired) electrons. The number of amides is 1. The molecule has 33 heavy (non-hydrogen) atoms. The zero-order valence-electron chi connectivity index (χ0n) is 17.4. The maximum absolute atomic E-state index is 12.4. The minimum Gasteiger partial charge on any atom is -0.475 e. The smallest absolute Gasteiger partial charge is 0.475 e. The van der Waals surface area contributed by atoms with Crippen LogP contribution in [0.4, 0.5) is 13.2 Å². The van der Waals surface area contributed by atoms with E-state index in [9.17, 15) is 23.1 Å². The molecule has 1 fully saturated rings. The zero-order valence-corrected chi connectivity index (χ0v) is 17.4. The van der Waals surface area contributed by atoms with E-state index in [1.54, 1.807) is 6.33 Å². The van der Waals surface area contributed by atoms with Gasteiger partial charge in [0.25, 0.3) is 5.91 Å². The summed E-state index contributed by atoms with van der Waals surface area (Å²) in [7, 11) is 0. The van der Waals surface area contributed by atoms with Gasteiger partial charge in [-0.05, 0) is 55.2 Å². The Morgan fingerprint density at radius 1 is 1.12 bits per heavy atom. The number of alkyl halides is 3. The summed E-state index contributed by atoms with van der Waals surface area (Å²) < 4.78 is 33.7. The third-order valence-corrected chi connectivity index (χ3v) is 5.33. The highest BCUT2D eigenvalue weighted by Crippen LogP contribution is 2.24. The van der Waals surface area contributed by atoms with Crippen LogP contribution in [0.15, 0.2) is 54.9 Å². The molecule has 2 aromatic carbocycles. The molecular weight excluding hydrogens is 441 g/mol. The molecule has 1 saturated carbocycles. The van der Waals surface area contributed by atoms with Gasteiger partial charge in [-0.15, -0.1) is 0 Å². The number of nitrogens with two attached hydrogens (primary N) is 1. The predicted octanol–water partition coefficient (Wildman–Crippen LogP) is 2.49. The van der Waals surface area contributed by atoms with Crippen LogP contribution < -0.4 is 11.1 Å². The summed E-state index contributed by atoms with van der Waals surface area (Å²) in [5.74, 6) is -2.63. The lowest BCUT2D eigenvalue weighted by molar-refractivity contribution is -0.192. The summed E-state index contributed by atoms with van der Waals surface area (Å²) in [6.45, 7) is 0.539. The van der Waals surface area contributed by atoms with Gasteiger partial charge in [0.15, 0.2) is 0 Å². The van der Waals surface area contributed by atoms with E-state index in [-0.39, 0.29) is 17.9 Å². The van der Waals surface area contributed by atoms with E-state index in [1.807, 2.05) is 53.1 Å². The van der Waals surface area contributed by atoms with Crippen molar-refractivity contribution in [3.63, 3.8) is 0 Å². The number of carboxylic acids is 1. The third-order valence-electron chi connectivity index (χ3n) is 5.33. The lowest BCUT2D eigenvalue weighted by Crippen LogP contribution is -2.29. The number of halogens is 3. The van der Waals surface area contributed by atoms with Crippen LogP contribution in [-0.2, 0) is 4.79 Å². The number of nitrogens with zero attached hydrogens (tertiary/aromatic N) is 2. The second kappa shape index (κ2) is 10.0. The molecule has 4 rings (SSSR count). The first-order valence-corrected chi connectivity index (χ1v) is 10.1. The quantitative estimate of drug-likeness (QED) is 0.469. The fourth-order valence-corrected chi connectivity index (χ4v) is 3.60. The van der Waals surface area contributed by atoms with Crippen molar-refractivity contribution in [1.29, 1.82) is 0 Å². The molecule has 0 unspecified atom stereocenters. The molecule has 1 aliphatic carbocycles. The number of carbonyl (C=O) groups is 2. The molecule has 0 spiro atoms. The van der Waals surface area contributed by atoms with Crippen LogP contribution in [0.3, 0.4) is 0 Å². The minimum atomic E-state index is -5.08. The fourth-order valence-electron chi connectivity index (χ4n) is 3.60. The van der Waals surface area contributed by atoms with Crippen LogP contribution in [0, 0.1) is 5.92 Å². The Hall–Kier alpha value is -3.44. The number of aromatic nitrogens is 2. The highest BCUT2D eigenvalue weighted by molar-refractivity contribution is 5.94. The molecule has 11 heteroatoms. The van der Waals surface area contributed by atoms with Crippen molar-refractivity contribution in [2.24, 2.45) is 11.7 Å². The summed E-state index contributed by atoms with van der Waals surface area (Å²) in [5.41, 5.74) is 9.35. The molecular formula is C22H23F3N4O4. The zero-order chi connectivity index (χ0) is 24.2. The minimum absolute atomic E-state index is 0.109. The van der Waals surface area contributed by atoms with Gasteiger partial charge in [0, 0.05) is 23.8 Å².